The standard InChI is InChI=1S/C15H19F4NO/c16-10-6-7-12(15(17,18)19)11(8-10)13(20)14(21)9-4-2-1-3-5-9/h6-9,13-14,21H,1-5,20H2/t13-,14+/m0/s1. The van der Waals surface area contributed by atoms with Gasteiger partial charge in [0.2, 0.25) is 0 Å². The van der Waals surface area contributed by atoms with E-state index in [0.717, 1.165) is 44.2 Å². The van der Waals surface area contributed by atoms with Crippen molar-refractivity contribution in [2.45, 2.75) is 50.4 Å². The molecule has 1 aromatic carbocycles. The van der Waals surface area contributed by atoms with Gasteiger partial charge in [0.15, 0.2) is 0 Å². The molecule has 118 valence electrons. The van der Waals surface area contributed by atoms with Gasteiger partial charge in [-0.05, 0) is 42.5 Å². The summed E-state index contributed by atoms with van der Waals surface area (Å²) in [6.07, 6.45) is -1.29. The van der Waals surface area contributed by atoms with Crippen molar-refractivity contribution in [3.8, 4) is 0 Å². The van der Waals surface area contributed by atoms with Crippen LogP contribution in [0.4, 0.5) is 17.6 Å². The fraction of sp³-hybridized carbons (Fsp3) is 0.600. The molecule has 0 aromatic heterocycles. The molecular formula is C15H19F4NO. The van der Waals surface area contributed by atoms with Crippen LogP contribution in [0, 0.1) is 11.7 Å². The van der Waals surface area contributed by atoms with Crippen LogP contribution < -0.4 is 5.73 Å². The molecule has 0 spiro atoms. The summed E-state index contributed by atoms with van der Waals surface area (Å²) in [5, 5.41) is 10.3. The fourth-order valence-corrected chi connectivity index (χ4v) is 3.02. The molecular weight excluding hydrogens is 286 g/mol. The van der Waals surface area contributed by atoms with Crippen molar-refractivity contribution in [2.75, 3.05) is 0 Å². The molecule has 1 aliphatic carbocycles. The lowest BCUT2D eigenvalue weighted by Gasteiger charge is -2.31. The second-order valence-electron chi connectivity index (χ2n) is 5.64. The lowest BCUT2D eigenvalue weighted by molar-refractivity contribution is -0.138. The Labute approximate surface area is 121 Å². The molecule has 1 fully saturated rings. The number of aliphatic hydroxyl groups excluding tert-OH is 1. The number of nitrogens with two attached hydrogens (primary N) is 1. The van der Waals surface area contributed by atoms with E-state index in [0.29, 0.717) is 6.07 Å². The highest BCUT2D eigenvalue weighted by Crippen LogP contribution is 2.38. The topological polar surface area (TPSA) is 46.2 Å². The smallest absolute Gasteiger partial charge is 0.391 e. The van der Waals surface area contributed by atoms with Crippen molar-refractivity contribution in [2.24, 2.45) is 11.7 Å². The molecule has 2 rings (SSSR count). The summed E-state index contributed by atoms with van der Waals surface area (Å²) in [5.74, 6) is -0.914. The molecule has 0 aliphatic heterocycles. The first kappa shape index (κ1) is 16.2. The summed E-state index contributed by atoms with van der Waals surface area (Å²) in [5.41, 5.74) is 4.46. The van der Waals surface area contributed by atoms with Crippen LogP contribution in [0.25, 0.3) is 0 Å². The predicted molar refractivity (Wildman–Crippen MR) is 70.9 cm³/mol. The van der Waals surface area contributed by atoms with Crippen molar-refractivity contribution < 1.29 is 22.7 Å². The molecule has 0 amide bonds. The first-order valence-electron chi connectivity index (χ1n) is 7.11. The zero-order valence-corrected chi connectivity index (χ0v) is 11.5. The van der Waals surface area contributed by atoms with Gasteiger partial charge in [-0.15, -0.1) is 0 Å². The molecule has 0 bridgehead atoms. The quantitative estimate of drug-likeness (QED) is 0.835. The lowest BCUT2D eigenvalue weighted by atomic mass is 9.80. The van der Waals surface area contributed by atoms with Crippen molar-refractivity contribution in [3.05, 3.63) is 35.1 Å². The summed E-state index contributed by atoms with van der Waals surface area (Å²) < 4.78 is 52.3. The molecule has 2 nitrogen and oxygen atoms in total. The second-order valence-corrected chi connectivity index (χ2v) is 5.64. The van der Waals surface area contributed by atoms with E-state index in [4.69, 9.17) is 5.73 Å². The zero-order valence-electron chi connectivity index (χ0n) is 11.5. The summed E-state index contributed by atoms with van der Waals surface area (Å²) >= 11 is 0. The molecule has 21 heavy (non-hydrogen) atoms. The highest BCUT2D eigenvalue weighted by molar-refractivity contribution is 5.33. The Kier molecular flexibility index (Phi) is 4.88. The van der Waals surface area contributed by atoms with Crippen molar-refractivity contribution in [1.29, 1.82) is 0 Å². The molecule has 0 heterocycles. The van der Waals surface area contributed by atoms with Crippen LogP contribution in [0.1, 0.15) is 49.3 Å². The molecule has 0 saturated heterocycles. The number of alkyl halides is 3. The minimum Gasteiger partial charge on any atom is -0.391 e. The number of hydrogen-bond acceptors (Lipinski definition) is 2. The van der Waals surface area contributed by atoms with Gasteiger partial charge >= 0.3 is 6.18 Å². The van der Waals surface area contributed by atoms with Gasteiger partial charge in [-0.3, -0.25) is 0 Å². The van der Waals surface area contributed by atoms with E-state index < -0.39 is 29.7 Å². The van der Waals surface area contributed by atoms with Gasteiger partial charge < -0.3 is 10.8 Å². The highest BCUT2D eigenvalue weighted by Gasteiger charge is 2.37. The molecule has 1 saturated carbocycles. The Hall–Kier alpha value is -1.14. The monoisotopic (exact) mass is 305 g/mol. The lowest BCUT2D eigenvalue weighted by Crippen LogP contribution is -2.35. The summed E-state index contributed by atoms with van der Waals surface area (Å²) in [6, 6.07) is 0.976. The minimum absolute atomic E-state index is 0.127. The van der Waals surface area contributed by atoms with Gasteiger partial charge in [-0.2, -0.15) is 13.2 Å². The van der Waals surface area contributed by atoms with E-state index in [1.807, 2.05) is 0 Å². The van der Waals surface area contributed by atoms with Gasteiger partial charge in [-0.1, -0.05) is 19.3 Å². The first-order chi connectivity index (χ1) is 9.80. The van der Waals surface area contributed by atoms with E-state index in [1.165, 1.54) is 0 Å². The second kappa shape index (κ2) is 6.32. The van der Waals surface area contributed by atoms with E-state index in [9.17, 15) is 22.7 Å². The SMILES string of the molecule is N[C@@H](c1cc(F)ccc1C(F)(F)F)[C@H](O)C1CCCCC1. The fourth-order valence-electron chi connectivity index (χ4n) is 3.02. The Balaban J connectivity index is 2.28. The normalized spacial score (nSPS) is 20.3. The summed E-state index contributed by atoms with van der Waals surface area (Å²) in [6.45, 7) is 0. The minimum atomic E-state index is -4.62. The highest BCUT2D eigenvalue weighted by atomic mass is 19.4. The average Bonchev–Trinajstić information content (AvgIpc) is 2.45. The third-order valence-electron chi connectivity index (χ3n) is 4.18. The molecule has 6 heteroatoms. The van der Waals surface area contributed by atoms with E-state index in [1.54, 1.807) is 0 Å². The van der Waals surface area contributed by atoms with Crippen molar-refractivity contribution >= 4 is 0 Å². The largest absolute Gasteiger partial charge is 0.416 e. The number of hydrogen-bond donors (Lipinski definition) is 2. The molecule has 0 unspecified atom stereocenters. The summed E-state index contributed by atoms with van der Waals surface area (Å²) in [4.78, 5) is 0. The van der Waals surface area contributed by atoms with Crippen molar-refractivity contribution in [1.82, 2.24) is 0 Å². The first-order valence-corrected chi connectivity index (χ1v) is 7.11. The number of benzene rings is 1. The average molecular weight is 305 g/mol. The third-order valence-corrected chi connectivity index (χ3v) is 4.18. The van der Waals surface area contributed by atoms with Crippen LogP contribution >= 0.6 is 0 Å². The third kappa shape index (κ3) is 3.74. The molecule has 0 radical (unpaired) electrons. The summed E-state index contributed by atoms with van der Waals surface area (Å²) in [7, 11) is 0. The van der Waals surface area contributed by atoms with Crippen LogP contribution in [0.5, 0.6) is 0 Å². The predicted octanol–water partition coefficient (Wildman–Crippen LogP) is 3.79. The maximum atomic E-state index is 13.3. The number of rotatable bonds is 3. The maximum absolute atomic E-state index is 13.3. The van der Waals surface area contributed by atoms with Crippen LogP contribution in [0.15, 0.2) is 18.2 Å². The Morgan fingerprint density at radius 1 is 1.14 bits per heavy atom. The number of halogens is 4. The van der Waals surface area contributed by atoms with E-state index in [2.05, 4.69) is 0 Å². The van der Waals surface area contributed by atoms with Crippen LogP contribution in [0.3, 0.4) is 0 Å². The van der Waals surface area contributed by atoms with Crippen LogP contribution in [0.2, 0.25) is 0 Å². The molecule has 3 N–H and O–H groups in total. The Morgan fingerprint density at radius 3 is 2.33 bits per heavy atom. The Bertz CT molecular complexity index is 483. The van der Waals surface area contributed by atoms with Gasteiger partial charge in [-0.25, -0.2) is 4.39 Å². The van der Waals surface area contributed by atoms with E-state index >= 15 is 0 Å². The van der Waals surface area contributed by atoms with E-state index in [-0.39, 0.29) is 11.5 Å². The molecule has 2 atom stereocenters. The maximum Gasteiger partial charge on any atom is 0.416 e. The zero-order chi connectivity index (χ0) is 15.6. The van der Waals surface area contributed by atoms with Gasteiger partial charge in [0.25, 0.3) is 0 Å². The molecule has 1 aliphatic rings. The molecule has 1 aromatic rings. The van der Waals surface area contributed by atoms with Gasteiger partial charge in [0.1, 0.15) is 5.82 Å². The van der Waals surface area contributed by atoms with Gasteiger partial charge in [0.05, 0.1) is 17.7 Å². The van der Waals surface area contributed by atoms with Crippen LogP contribution in [-0.2, 0) is 6.18 Å². The van der Waals surface area contributed by atoms with Crippen LogP contribution in [-0.4, -0.2) is 11.2 Å². The Morgan fingerprint density at radius 2 is 1.76 bits per heavy atom. The van der Waals surface area contributed by atoms with Gasteiger partial charge in [0, 0.05) is 0 Å². The number of aliphatic hydroxyl groups is 1. The van der Waals surface area contributed by atoms with Crippen molar-refractivity contribution in [3.63, 3.8) is 0 Å².